The summed E-state index contributed by atoms with van der Waals surface area (Å²) in [6.07, 6.45) is 1.64. The number of hydrogen-bond acceptors (Lipinski definition) is 4. The second kappa shape index (κ2) is 7.03. The molecule has 140 valence electrons. The molecule has 6 heteroatoms. The van der Waals surface area contributed by atoms with E-state index in [9.17, 15) is 8.42 Å². The van der Waals surface area contributed by atoms with E-state index in [1.165, 1.54) is 0 Å². The molecule has 4 rings (SSSR count). The van der Waals surface area contributed by atoms with Crippen molar-refractivity contribution in [3.8, 4) is 0 Å². The Morgan fingerprint density at radius 1 is 1.07 bits per heavy atom. The van der Waals surface area contributed by atoms with Crippen LogP contribution in [0.25, 0.3) is 10.9 Å². The Hall–Kier alpha value is -2.28. The van der Waals surface area contributed by atoms with Crippen LogP contribution in [0.2, 0.25) is 0 Å². The summed E-state index contributed by atoms with van der Waals surface area (Å²) in [6.45, 7) is 3.16. The van der Waals surface area contributed by atoms with Gasteiger partial charge in [0.05, 0.1) is 5.52 Å². The summed E-state index contributed by atoms with van der Waals surface area (Å²) in [5, 5.41) is 0.829. The third-order valence-corrected chi connectivity index (χ3v) is 7.47. The first kappa shape index (κ1) is 18.1. The van der Waals surface area contributed by atoms with Crippen LogP contribution in [0, 0.1) is 12.8 Å². The predicted octanol–water partition coefficient (Wildman–Crippen LogP) is 2.91. The molecule has 2 heterocycles. The molecule has 0 bridgehead atoms. The van der Waals surface area contributed by atoms with Gasteiger partial charge in [0.15, 0.2) is 0 Å². The van der Waals surface area contributed by atoms with Crippen LogP contribution >= 0.6 is 0 Å². The highest BCUT2D eigenvalue weighted by Gasteiger charge is 2.40. The summed E-state index contributed by atoms with van der Waals surface area (Å²) < 4.78 is 28.7. The number of nitrogens with zero attached hydrogens (tertiary/aromatic N) is 2. The van der Waals surface area contributed by atoms with E-state index in [2.05, 4.69) is 4.98 Å². The maximum atomic E-state index is 13.6. The summed E-state index contributed by atoms with van der Waals surface area (Å²) in [4.78, 5) is 4.68. The highest BCUT2D eigenvalue weighted by Crippen LogP contribution is 2.37. The number of nitrogens with two attached hydrogens (primary N) is 1. The number of benzene rings is 2. The second-order valence-electron chi connectivity index (χ2n) is 7.12. The maximum absolute atomic E-state index is 13.6. The third-order valence-electron chi connectivity index (χ3n) is 5.46. The molecule has 3 aromatic rings. The molecule has 1 aromatic heterocycles. The Kier molecular flexibility index (Phi) is 4.72. The van der Waals surface area contributed by atoms with E-state index in [1.54, 1.807) is 10.5 Å². The maximum Gasteiger partial charge on any atom is 0.245 e. The molecule has 2 atom stereocenters. The second-order valence-corrected chi connectivity index (χ2v) is 9.00. The Morgan fingerprint density at radius 3 is 2.59 bits per heavy atom. The van der Waals surface area contributed by atoms with Gasteiger partial charge < -0.3 is 5.73 Å². The zero-order valence-electron chi connectivity index (χ0n) is 15.2. The van der Waals surface area contributed by atoms with Crippen LogP contribution in [0.5, 0.6) is 0 Å². The van der Waals surface area contributed by atoms with Gasteiger partial charge in [-0.2, -0.15) is 4.31 Å². The lowest BCUT2D eigenvalue weighted by molar-refractivity contribution is 0.459. The van der Waals surface area contributed by atoms with Gasteiger partial charge in [0.1, 0.15) is 4.90 Å². The summed E-state index contributed by atoms with van der Waals surface area (Å²) >= 11 is 0. The summed E-state index contributed by atoms with van der Waals surface area (Å²) in [5.74, 6) is 0.208. The van der Waals surface area contributed by atoms with Crippen molar-refractivity contribution in [3.05, 3.63) is 71.9 Å². The molecule has 0 amide bonds. The highest BCUT2D eigenvalue weighted by molar-refractivity contribution is 7.89. The van der Waals surface area contributed by atoms with E-state index in [0.717, 1.165) is 10.9 Å². The molecule has 1 aliphatic heterocycles. The van der Waals surface area contributed by atoms with Crippen LogP contribution in [0.3, 0.4) is 0 Å². The Bertz CT molecular complexity index is 1070. The van der Waals surface area contributed by atoms with Crippen LogP contribution in [0.15, 0.2) is 65.7 Å². The monoisotopic (exact) mass is 381 g/mol. The van der Waals surface area contributed by atoms with Crippen molar-refractivity contribution < 1.29 is 8.42 Å². The van der Waals surface area contributed by atoms with Crippen molar-refractivity contribution >= 4 is 20.9 Å². The number of fused-ring (bicyclic) bond motifs is 1. The first-order chi connectivity index (χ1) is 13.0. The van der Waals surface area contributed by atoms with Gasteiger partial charge in [0.25, 0.3) is 0 Å². The fourth-order valence-corrected chi connectivity index (χ4v) is 5.91. The third kappa shape index (κ3) is 3.14. The minimum Gasteiger partial charge on any atom is -0.330 e. The van der Waals surface area contributed by atoms with Gasteiger partial charge in [-0.1, -0.05) is 48.5 Å². The van der Waals surface area contributed by atoms with E-state index >= 15 is 0 Å². The summed E-state index contributed by atoms with van der Waals surface area (Å²) in [7, 11) is -3.66. The van der Waals surface area contributed by atoms with E-state index in [0.29, 0.717) is 35.6 Å². The molecule has 1 saturated heterocycles. The molecular weight excluding hydrogens is 358 g/mol. The van der Waals surface area contributed by atoms with Crippen LogP contribution in [0.4, 0.5) is 0 Å². The van der Waals surface area contributed by atoms with Gasteiger partial charge in [-0.05, 0) is 36.6 Å². The van der Waals surface area contributed by atoms with E-state index in [4.69, 9.17) is 5.73 Å². The van der Waals surface area contributed by atoms with Crippen molar-refractivity contribution in [1.29, 1.82) is 0 Å². The standard InChI is InChI=1S/C21H23N3O2S/c1-15-9-10-17-8-5-11-23-20(17)21(15)27(25,26)24-13-18(12-22)19(14-24)16-6-3-2-4-7-16/h2-11,18-19H,12-14,22H2,1H3/t18-,19+/m1/s1. The van der Waals surface area contributed by atoms with Gasteiger partial charge in [-0.3, -0.25) is 4.98 Å². The molecule has 0 aliphatic carbocycles. The average Bonchev–Trinajstić information content (AvgIpc) is 3.13. The van der Waals surface area contributed by atoms with Crippen LogP contribution in [0.1, 0.15) is 17.0 Å². The zero-order chi connectivity index (χ0) is 19.0. The summed E-state index contributed by atoms with van der Waals surface area (Å²) in [6, 6.07) is 17.5. The van der Waals surface area contributed by atoms with Crippen molar-refractivity contribution in [2.45, 2.75) is 17.7 Å². The normalized spacial score (nSPS) is 21.0. The number of sulfonamides is 1. The van der Waals surface area contributed by atoms with Gasteiger partial charge in [0, 0.05) is 30.6 Å². The van der Waals surface area contributed by atoms with Crippen molar-refractivity contribution in [2.75, 3.05) is 19.6 Å². The molecule has 0 unspecified atom stereocenters. The minimum absolute atomic E-state index is 0.102. The van der Waals surface area contributed by atoms with Crippen LogP contribution in [-0.2, 0) is 10.0 Å². The summed E-state index contributed by atoms with van der Waals surface area (Å²) in [5.41, 5.74) is 8.38. The number of rotatable bonds is 4. The van der Waals surface area contributed by atoms with Crippen molar-refractivity contribution in [1.82, 2.24) is 9.29 Å². The predicted molar refractivity (Wildman–Crippen MR) is 107 cm³/mol. The first-order valence-electron chi connectivity index (χ1n) is 9.12. The lowest BCUT2D eigenvalue weighted by atomic mass is 9.89. The number of pyridine rings is 1. The molecule has 27 heavy (non-hydrogen) atoms. The molecule has 0 saturated carbocycles. The molecule has 5 nitrogen and oxygen atoms in total. The number of aromatic nitrogens is 1. The average molecular weight is 382 g/mol. The SMILES string of the molecule is Cc1ccc2cccnc2c1S(=O)(=O)N1C[C@@H](CN)[C@H](c2ccccc2)C1. The zero-order valence-corrected chi connectivity index (χ0v) is 16.1. The lowest BCUT2D eigenvalue weighted by Gasteiger charge is -2.19. The van der Waals surface area contributed by atoms with Gasteiger partial charge in [0.2, 0.25) is 10.0 Å². The highest BCUT2D eigenvalue weighted by atomic mass is 32.2. The largest absolute Gasteiger partial charge is 0.330 e. The quantitative estimate of drug-likeness (QED) is 0.754. The Morgan fingerprint density at radius 2 is 1.85 bits per heavy atom. The van der Waals surface area contributed by atoms with Gasteiger partial charge >= 0.3 is 0 Å². The molecule has 0 radical (unpaired) electrons. The van der Waals surface area contributed by atoms with E-state index < -0.39 is 10.0 Å². The fraction of sp³-hybridized carbons (Fsp3) is 0.286. The van der Waals surface area contributed by atoms with E-state index in [1.807, 2.05) is 61.5 Å². The van der Waals surface area contributed by atoms with E-state index in [-0.39, 0.29) is 11.8 Å². The molecule has 1 aliphatic rings. The minimum atomic E-state index is -3.66. The van der Waals surface area contributed by atoms with Gasteiger partial charge in [-0.25, -0.2) is 8.42 Å². The topological polar surface area (TPSA) is 76.3 Å². The molecule has 0 spiro atoms. The molecular formula is C21H23N3O2S. The number of aryl methyl sites for hydroxylation is 1. The van der Waals surface area contributed by atoms with Crippen molar-refractivity contribution in [2.24, 2.45) is 11.7 Å². The number of hydrogen-bond donors (Lipinski definition) is 1. The van der Waals surface area contributed by atoms with Crippen LogP contribution < -0.4 is 5.73 Å². The molecule has 2 N–H and O–H groups in total. The fourth-order valence-electron chi connectivity index (χ4n) is 4.02. The van der Waals surface area contributed by atoms with Gasteiger partial charge in [-0.15, -0.1) is 0 Å². The first-order valence-corrected chi connectivity index (χ1v) is 10.6. The van der Waals surface area contributed by atoms with Crippen LogP contribution in [-0.4, -0.2) is 37.3 Å². The Labute approximate surface area is 159 Å². The smallest absolute Gasteiger partial charge is 0.245 e. The molecule has 1 fully saturated rings. The lowest BCUT2D eigenvalue weighted by Crippen LogP contribution is -2.30. The molecule has 2 aromatic carbocycles. The van der Waals surface area contributed by atoms with Crippen molar-refractivity contribution in [3.63, 3.8) is 0 Å². The Balaban J connectivity index is 1.77.